The lowest BCUT2D eigenvalue weighted by Gasteiger charge is -2.20. The van der Waals surface area contributed by atoms with E-state index in [2.05, 4.69) is 10.3 Å². The van der Waals surface area contributed by atoms with Crippen LogP contribution in [0, 0.1) is 25.5 Å². The summed E-state index contributed by atoms with van der Waals surface area (Å²) in [6, 6.07) is 8.94. The average molecular weight is 562 g/mol. The van der Waals surface area contributed by atoms with Gasteiger partial charge in [-0.2, -0.15) is 0 Å². The molecular formula is C26H22ClF2N3O5S. The van der Waals surface area contributed by atoms with Crippen LogP contribution in [0.15, 0.2) is 51.7 Å². The molecule has 0 fully saturated rings. The summed E-state index contributed by atoms with van der Waals surface area (Å²) in [4.78, 5) is 29.8. The molecule has 38 heavy (non-hydrogen) atoms. The molecule has 0 radical (unpaired) electrons. The van der Waals surface area contributed by atoms with Gasteiger partial charge >= 0.3 is 0 Å². The molecule has 0 saturated heterocycles. The van der Waals surface area contributed by atoms with Crippen LogP contribution in [-0.2, 0) is 10.0 Å². The number of pyridine rings is 1. The molecule has 0 spiro atoms. The highest BCUT2D eigenvalue weighted by molar-refractivity contribution is 7.89. The Morgan fingerprint density at radius 2 is 1.79 bits per heavy atom. The Morgan fingerprint density at radius 1 is 1.08 bits per heavy atom. The monoisotopic (exact) mass is 561 g/mol. The Labute approximate surface area is 221 Å². The third kappa shape index (κ3) is 5.53. The standard InChI is InChI=1S/C26H22ClF2N3O5S/c1-12-9-16(14(3)30-20-7-8-21(27)31-22(20)26(34)32-38(4,35)36)25-17(10-12)23(33)13(2)24(37-25)15-5-6-18(28)19(29)11-15/h5-11,14,30H,1-4H3,(H,32,34). The molecule has 12 heteroatoms. The van der Waals surface area contributed by atoms with Crippen LogP contribution in [0.3, 0.4) is 0 Å². The second kappa shape index (κ2) is 10.1. The molecule has 2 heterocycles. The van der Waals surface area contributed by atoms with Crippen LogP contribution in [0.2, 0.25) is 5.15 Å². The van der Waals surface area contributed by atoms with E-state index >= 15 is 0 Å². The number of hydrogen-bond acceptors (Lipinski definition) is 7. The molecule has 0 aliphatic heterocycles. The maximum absolute atomic E-state index is 14.0. The number of halogens is 3. The van der Waals surface area contributed by atoms with E-state index in [1.165, 1.54) is 25.1 Å². The molecule has 0 aliphatic carbocycles. The first-order valence-electron chi connectivity index (χ1n) is 11.2. The number of fused-ring (bicyclic) bond motifs is 1. The van der Waals surface area contributed by atoms with Crippen LogP contribution in [0.5, 0.6) is 0 Å². The van der Waals surface area contributed by atoms with Gasteiger partial charge in [0.05, 0.1) is 23.4 Å². The first-order chi connectivity index (χ1) is 17.7. The molecule has 1 amide bonds. The van der Waals surface area contributed by atoms with Gasteiger partial charge in [0.1, 0.15) is 16.5 Å². The van der Waals surface area contributed by atoms with E-state index in [1.807, 2.05) is 4.72 Å². The summed E-state index contributed by atoms with van der Waals surface area (Å²) < 4.78 is 58.7. The fraction of sp³-hybridized carbons (Fsp3) is 0.192. The normalized spacial score (nSPS) is 12.4. The first kappa shape index (κ1) is 27.2. The van der Waals surface area contributed by atoms with Crippen molar-refractivity contribution in [3.05, 3.63) is 91.9 Å². The SMILES string of the molecule is Cc1cc(C(C)Nc2ccc(Cl)nc2C(=O)NS(C)(=O)=O)c2oc(-c3ccc(F)c(F)c3)c(C)c(=O)c2c1. The summed E-state index contributed by atoms with van der Waals surface area (Å²) in [6.45, 7) is 5.07. The number of sulfonamides is 1. The van der Waals surface area contributed by atoms with Gasteiger partial charge in [0.15, 0.2) is 22.8 Å². The molecule has 4 aromatic rings. The highest BCUT2D eigenvalue weighted by atomic mass is 35.5. The number of aromatic nitrogens is 1. The zero-order valence-corrected chi connectivity index (χ0v) is 22.2. The van der Waals surface area contributed by atoms with Gasteiger partial charge in [0, 0.05) is 16.7 Å². The number of carbonyl (C=O) groups is 1. The Balaban J connectivity index is 1.85. The van der Waals surface area contributed by atoms with Crippen molar-refractivity contribution >= 4 is 44.2 Å². The van der Waals surface area contributed by atoms with Gasteiger partial charge in [-0.25, -0.2) is 26.9 Å². The van der Waals surface area contributed by atoms with E-state index in [0.717, 1.165) is 24.0 Å². The number of anilines is 1. The molecule has 0 aliphatic rings. The number of nitrogens with one attached hydrogen (secondary N) is 2. The van der Waals surface area contributed by atoms with Crippen LogP contribution in [0.25, 0.3) is 22.3 Å². The van der Waals surface area contributed by atoms with E-state index in [1.54, 1.807) is 26.0 Å². The molecule has 2 aromatic carbocycles. The third-order valence-electron chi connectivity index (χ3n) is 5.77. The fourth-order valence-electron chi connectivity index (χ4n) is 4.05. The molecule has 1 atom stereocenters. The van der Waals surface area contributed by atoms with Crippen LogP contribution < -0.4 is 15.5 Å². The fourth-order valence-corrected chi connectivity index (χ4v) is 4.64. The maximum Gasteiger partial charge on any atom is 0.285 e. The topological polar surface area (TPSA) is 118 Å². The van der Waals surface area contributed by atoms with E-state index < -0.39 is 33.6 Å². The summed E-state index contributed by atoms with van der Waals surface area (Å²) in [5.74, 6) is -3.02. The Kier molecular flexibility index (Phi) is 7.26. The highest BCUT2D eigenvalue weighted by Crippen LogP contribution is 2.33. The summed E-state index contributed by atoms with van der Waals surface area (Å²) in [6.07, 6.45) is 0.832. The largest absolute Gasteiger partial charge is 0.455 e. The van der Waals surface area contributed by atoms with Crippen molar-refractivity contribution in [3.63, 3.8) is 0 Å². The molecule has 8 nitrogen and oxygen atoms in total. The lowest BCUT2D eigenvalue weighted by Crippen LogP contribution is -2.31. The summed E-state index contributed by atoms with van der Waals surface area (Å²) >= 11 is 5.95. The molecule has 0 saturated carbocycles. The molecular weight excluding hydrogens is 540 g/mol. The molecule has 1 unspecified atom stereocenters. The van der Waals surface area contributed by atoms with Crippen molar-refractivity contribution in [1.29, 1.82) is 0 Å². The van der Waals surface area contributed by atoms with Gasteiger partial charge in [-0.15, -0.1) is 0 Å². The quantitative estimate of drug-likeness (QED) is 0.308. The van der Waals surface area contributed by atoms with Crippen molar-refractivity contribution in [2.24, 2.45) is 0 Å². The predicted octanol–water partition coefficient (Wildman–Crippen LogP) is 5.27. The number of hydrogen-bond donors (Lipinski definition) is 2. The highest BCUT2D eigenvalue weighted by Gasteiger charge is 2.23. The van der Waals surface area contributed by atoms with Crippen molar-refractivity contribution in [2.45, 2.75) is 26.8 Å². The van der Waals surface area contributed by atoms with E-state index in [-0.39, 0.29) is 49.8 Å². The number of aryl methyl sites for hydroxylation is 1. The lowest BCUT2D eigenvalue weighted by atomic mass is 9.98. The molecule has 4 rings (SSSR count). The van der Waals surface area contributed by atoms with E-state index in [4.69, 9.17) is 16.0 Å². The van der Waals surface area contributed by atoms with E-state index in [0.29, 0.717) is 5.56 Å². The smallest absolute Gasteiger partial charge is 0.285 e. The van der Waals surface area contributed by atoms with Crippen molar-refractivity contribution in [3.8, 4) is 11.3 Å². The van der Waals surface area contributed by atoms with E-state index in [9.17, 15) is 26.8 Å². The first-order valence-corrected chi connectivity index (χ1v) is 13.5. The van der Waals surface area contributed by atoms with Crippen molar-refractivity contribution in [2.75, 3.05) is 11.6 Å². The van der Waals surface area contributed by atoms with Gasteiger partial charge in [-0.05, 0) is 62.7 Å². The van der Waals surface area contributed by atoms with Gasteiger partial charge in [-0.3, -0.25) is 9.59 Å². The maximum atomic E-state index is 14.0. The third-order valence-corrected chi connectivity index (χ3v) is 6.53. The minimum atomic E-state index is -3.87. The minimum absolute atomic E-state index is 0.0273. The van der Waals surface area contributed by atoms with Crippen LogP contribution in [0.1, 0.15) is 40.1 Å². The van der Waals surface area contributed by atoms with Crippen molar-refractivity contribution in [1.82, 2.24) is 9.71 Å². The second-order valence-corrected chi connectivity index (χ2v) is 11.0. The van der Waals surface area contributed by atoms with Gasteiger partial charge < -0.3 is 9.73 Å². The zero-order chi connectivity index (χ0) is 27.9. The Hall–Kier alpha value is -3.83. The number of amides is 1. The average Bonchev–Trinajstić information content (AvgIpc) is 2.83. The molecule has 0 bridgehead atoms. The number of carbonyl (C=O) groups excluding carboxylic acids is 1. The summed E-state index contributed by atoms with van der Waals surface area (Å²) in [5, 5.41) is 3.35. The number of benzene rings is 2. The molecule has 2 N–H and O–H groups in total. The lowest BCUT2D eigenvalue weighted by molar-refractivity contribution is 0.0977. The number of nitrogens with zero attached hydrogens (tertiary/aromatic N) is 1. The molecule has 2 aromatic heterocycles. The van der Waals surface area contributed by atoms with Gasteiger partial charge in [-0.1, -0.05) is 17.7 Å². The predicted molar refractivity (Wildman–Crippen MR) is 141 cm³/mol. The second-order valence-electron chi connectivity index (χ2n) is 8.84. The summed E-state index contributed by atoms with van der Waals surface area (Å²) in [5.41, 5.74) is 1.46. The van der Waals surface area contributed by atoms with Crippen LogP contribution in [-0.4, -0.2) is 25.6 Å². The van der Waals surface area contributed by atoms with Crippen LogP contribution >= 0.6 is 11.6 Å². The Bertz CT molecular complexity index is 1770. The molecule has 198 valence electrons. The van der Waals surface area contributed by atoms with Gasteiger partial charge in [0.2, 0.25) is 10.0 Å². The van der Waals surface area contributed by atoms with Crippen LogP contribution in [0.4, 0.5) is 14.5 Å². The minimum Gasteiger partial charge on any atom is -0.455 e. The van der Waals surface area contributed by atoms with Crippen molar-refractivity contribution < 1.29 is 26.4 Å². The van der Waals surface area contributed by atoms with Gasteiger partial charge in [0.25, 0.3) is 5.91 Å². The summed E-state index contributed by atoms with van der Waals surface area (Å²) in [7, 11) is -3.87. The Morgan fingerprint density at radius 3 is 2.45 bits per heavy atom. The zero-order valence-electron chi connectivity index (χ0n) is 20.6. The number of rotatable bonds is 6.